The summed E-state index contributed by atoms with van der Waals surface area (Å²) in [6.45, 7) is 5.18. The van der Waals surface area contributed by atoms with E-state index >= 15 is 0 Å². The van der Waals surface area contributed by atoms with Crippen LogP contribution in [-0.4, -0.2) is 6.54 Å². The van der Waals surface area contributed by atoms with Gasteiger partial charge >= 0.3 is 0 Å². The number of rotatable bonds is 5. The molecule has 0 bridgehead atoms. The van der Waals surface area contributed by atoms with Gasteiger partial charge in [0.25, 0.3) is 0 Å². The van der Waals surface area contributed by atoms with E-state index in [-0.39, 0.29) is 11.9 Å². The van der Waals surface area contributed by atoms with Crippen molar-refractivity contribution in [3.8, 4) is 0 Å². The maximum Gasteiger partial charge on any atom is 0.123 e. The maximum atomic E-state index is 13.0. The third kappa shape index (κ3) is 4.08. The lowest BCUT2D eigenvalue weighted by molar-refractivity contribution is 0.589. The second kappa shape index (κ2) is 7.25. The van der Waals surface area contributed by atoms with Crippen molar-refractivity contribution in [2.45, 2.75) is 29.7 Å². The summed E-state index contributed by atoms with van der Waals surface area (Å²) >= 11 is 5.17. The van der Waals surface area contributed by atoms with E-state index in [1.807, 2.05) is 12.1 Å². The Morgan fingerprint density at radius 1 is 1.20 bits per heavy atom. The van der Waals surface area contributed by atoms with Gasteiger partial charge in [0.05, 0.1) is 0 Å². The Morgan fingerprint density at radius 2 is 1.90 bits per heavy atom. The van der Waals surface area contributed by atoms with Crippen LogP contribution in [0.2, 0.25) is 0 Å². The number of nitrogens with one attached hydrogen (secondary N) is 1. The highest BCUT2D eigenvalue weighted by Crippen LogP contribution is 2.35. The smallest absolute Gasteiger partial charge is 0.123 e. The van der Waals surface area contributed by atoms with Gasteiger partial charge in [-0.25, -0.2) is 4.39 Å². The van der Waals surface area contributed by atoms with Crippen LogP contribution in [0.15, 0.2) is 56.7 Å². The van der Waals surface area contributed by atoms with Crippen LogP contribution in [0, 0.1) is 5.82 Å². The van der Waals surface area contributed by atoms with Crippen LogP contribution in [0.5, 0.6) is 0 Å². The molecule has 1 nitrogen and oxygen atoms in total. The van der Waals surface area contributed by atoms with Crippen LogP contribution in [-0.2, 0) is 0 Å². The molecule has 4 heteroatoms. The molecule has 0 aliphatic heterocycles. The lowest BCUT2D eigenvalue weighted by Gasteiger charge is -2.17. The summed E-state index contributed by atoms with van der Waals surface area (Å²) in [4.78, 5) is 2.22. The topological polar surface area (TPSA) is 12.0 Å². The molecule has 1 N–H and O–H groups in total. The average Bonchev–Trinajstić information content (AvgIpc) is 2.42. The molecular weight excluding hydrogens is 337 g/mol. The van der Waals surface area contributed by atoms with E-state index in [0.29, 0.717) is 0 Å². The van der Waals surface area contributed by atoms with Crippen molar-refractivity contribution in [1.82, 2.24) is 5.32 Å². The summed E-state index contributed by atoms with van der Waals surface area (Å²) in [5, 5.41) is 3.43. The first-order valence-corrected chi connectivity index (χ1v) is 8.17. The second-order valence-corrected chi connectivity index (χ2v) is 6.55. The fourth-order valence-corrected chi connectivity index (χ4v) is 3.59. The highest BCUT2D eigenvalue weighted by molar-refractivity contribution is 9.10. The Kier molecular flexibility index (Phi) is 5.64. The van der Waals surface area contributed by atoms with E-state index in [2.05, 4.69) is 53.3 Å². The highest BCUT2D eigenvalue weighted by Gasteiger charge is 2.11. The summed E-state index contributed by atoms with van der Waals surface area (Å²) < 4.78 is 14.0. The molecule has 0 saturated carbocycles. The van der Waals surface area contributed by atoms with Crippen molar-refractivity contribution in [2.75, 3.05) is 6.54 Å². The first-order valence-electron chi connectivity index (χ1n) is 6.56. The monoisotopic (exact) mass is 353 g/mol. The molecule has 0 amide bonds. The van der Waals surface area contributed by atoms with Crippen LogP contribution in [0.1, 0.15) is 25.5 Å². The van der Waals surface area contributed by atoms with Crippen LogP contribution in [0.4, 0.5) is 4.39 Å². The first kappa shape index (κ1) is 15.5. The van der Waals surface area contributed by atoms with E-state index in [0.717, 1.165) is 15.9 Å². The third-order valence-electron chi connectivity index (χ3n) is 2.99. The van der Waals surface area contributed by atoms with Gasteiger partial charge < -0.3 is 5.32 Å². The lowest BCUT2D eigenvalue weighted by Crippen LogP contribution is -2.18. The zero-order chi connectivity index (χ0) is 14.5. The number of hydrogen-bond acceptors (Lipinski definition) is 2. The molecule has 106 valence electrons. The molecule has 20 heavy (non-hydrogen) atoms. The molecule has 0 aromatic heterocycles. The minimum Gasteiger partial charge on any atom is -0.310 e. The van der Waals surface area contributed by atoms with Gasteiger partial charge in [-0.15, -0.1) is 0 Å². The predicted octanol–water partition coefficient (Wildman–Crippen LogP) is 5.41. The Hall–Kier alpha value is -0.840. The molecule has 0 aliphatic carbocycles. The predicted molar refractivity (Wildman–Crippen MR) is 86.8 cm³/mol. The van der Waals surface area contributed by atoms with Gasteiger partial charge in [0.1, 0.15) is 5.82 Å². The number of hydrogen-bond donors (Lipinski definition) is 1. The summed E-state index contributed by atoms with van der Waals surface area (Å²) in [7, 11) is 0. The average molecular weight is 354 g/mol. The van der Waals surface area contributed by atoms with Crippen molar-refractivity contribution in [1.29, 1.82) is 0 Å². The van der Waals surface area contributed by atoms with Crippen LogP contribution in [0.25, 0.3) is 0 Å². The second-order valence-electron chi connectivity index (χ2n) is 4.52. The zero-order valence-electron chi connectivity index (χ0n) is 11.5. The summed E-state index contributed by atoms with van der Waals surface area (Å²) in [5.74, 6) is -0.204. The Labute approximate surface area is 132 Å². The van der Waals surface area contributed by atoms with Gasteiger partial charge in [-0.3, -0.25) is 0 Å². The van der Waals surface area contributed by atoms with Crippen LogP contribution >= 0.6 is 27.7 Å². The molecular formula is C16H17BrFNS. The standard InChI is InChI=1S/C16H17BrFNS/c1-3-19-11(2)15-9-4-12(17)10-16(15)20-14-7-5-13(18)6-8-14/h4-11,19H,3H2,1-2H3. The van der Waals surface area contributed by atoms with Gasteiger partial charge in [-0.1, -0.05) is 40.7 Å². The van der Waals surface area contributed by atoms with Crippen molar-refractivity contribution < 1.29 is 4.39 Å². The van der Waals surface area contributed by atoms with Gasteiger partial charge in [-0.05, 0) is 55.4 Å². The molecule has 1 unspecified atom stereocenters. The molecule has 2 rings (SSSR count). The molecule has 2 aromatic rings. The molecule has 2 aromatic carbocycles. The fraction of sp³-hybridized carbons (Fsp3) is 0.250. The first-order chi connectivity index (χ1) is 9.60. The van der Waals surface area contributed by atoms with Crippen molar-refractivity contribution in [3.05, 3.63) is 58.3 Å². The zero-order valence-corrected chi connectivity index (χ0v) is 13.9. The van der Waals surface area contributed by atoms with E-state index in [1.54, 1.807) is 11.8 Å². The third-order valence-corrected chi connectivity index (χ3v) is 4.57. The van der Waals surface area contributed by atoms with Gasteiger partial charge in [0.2, 0.25) is 0 Å². The van der Waals surface area contributed by atoms with Crippen LogP contribution < -0.4 is 5.32 Å². The van der Waals surface area contributed by atoms with Crippen molar-refractivity contribution >= 4 is 27.7 Å². The molecule has 0 saturated heterocycles. The quantitative estimate of drug-likeness (QED) is 0.771. The molecule has 0 heterocycles. The Morgan fingerprint density at radius 3 is 2.55 bits per heavy atom. The number of benzene rings is 2. The van der Waals surface area contributed by atoms with E-state index in [9.17, 15) is 4.39 Å². The SMILES string of the molecule is CCNC(C)c1ccc(Br)cc1Sc1ccc(F)cc1. The fourth-order valence-electron chi connectivity index (χ4n) is 2.00. The van der Waals surface area contributed by atoms with E-state index < -0.39 is 0 Å². The van der Waals surface area contributed by atoms with Crippen molar-refractivity contribution in [3.63, 3.8) is 0 Å². The van der Waals surface area contributed by atoms with Crippen molar-refractivity contribution in [2.24, 2.45) is 0 Å². The molecule has 0 radical (unpaired) electrons. The maximum absolute atomic E-state index is 13.0. The largest absolute Gasteiger partial charge is 0.310 e. The minimum atomic E-state index is -0.204. The minimum absolute atomic E-state index is 0.204. The number of halogens is 2. The van der Waals surface area contributed by atoms with Gasteiger partial charge in [-0.2, -0.15) is 0 Å². The summed E-state index contributed by atoms with van der Waals surface area (Å²) in [6.07, 6.45) is 0. The molecule has 0 spiro atoms. The van der Waals surface area contributed by atoms with Gasteiger partial charge in [0, 0.05) is 20.3 Å². The summed E-state index contributed by atoms with van der Waals surface area (Å²) in [6, 6.07) is 13.2. The normalized spacial score (nSPS) is 12.4. The molecule has 0 aliphatic rings. The van der Waals surface area contributed by atoms with Crippen LogP contribution in [0.3, 0.4) is 0 Å². The Bertz CT molecular complexity index is 571. The highest BCUT2D eigenvalue weighted by atomic mass is 79.9. The molecule has 0 fully saturated rings. The Balaban J connectivity index is 2.29. The lowest BCUT2D eigenvalue weighted by atomic mass is 10.1. The van der Waals surface area contributed by atoms with E-state index in [4.69, 9.17) is 0 Å². The van der Waals surface area contributed by atoms with E-state index in [1.165, 1.54) is 22.6 Å². The summed E-state index contributed by atoms with van der Waals surface area (Å²) in [5.41, 5.74) is 1.25. The molecule has 1 atom stereocenters. The van der Waals surface area contributed by atoms with Gasteiger partial charge in [0.15, 0.2) is 0 Å².